The Balaban J connectivity index is 2.21. The third kappa shape index (κ3) is 4.48. The maximum atomic E-state index is 6.49. The van der Waals surface area contributed by atoms with Crippen LogP contribution in [0.15, 0.2) is 24.3 Å². The Kier molecular flexibility index (Phi) is 5.75. The molecule has 0 saturated carbocycles. The zero-order valence-electron chi connectivity index (χ0n) is 13.9. The summed E-state index contributed by atoms with van der Waals surface area (Å²) in [5, 5.41) is 0. The van der Waals surface area contributed by atoms with E-state index in [9.17, 15) is 0 Å². The lowest BCUT2D eigenvalue weighted by Gasteiger charge is -2.35. The maximum absolute atomic E-state index is 6.49. The van der Waals surface area contributed by atoms with Crippen LogP contribution < -0.4 is 5.73 Å². The molecule has 0 spiro atoms. The quantitative estimate of drug-likeness (QED) is 0.912. The van der Waals surface area contributed by atoms with Crippen LogP contribution in [0, 0.1) is 6.92 Å². The molecule has 0 amide bonds. The molecule has 1 fully saturated rings. The van der Waals surface area contributed by atoms with Crippen molar-refractivity contribution in [3.05, 3.63) is 35.4 Å². The van der Waals surface area contributed by atoms with Crippen molar-refractivity contribution in [1.29, 1.82) is 0 Å². The molecule has 2 nitrogen and oxygen atoms in total. The Morgan fingerprint density at radius 3 is 2.52 bits per heavy atom. The summed E-state index contributed by atoms with van der Waals surface area (Å²) in [5.74, 6) is 1.20. The van der Waals surface area contributed by atoms with Crippen molar-refractivity contribution in [3.8, 4) is 0 Å². The summed E-state index contributed by atoms with van der Waals surface area (Å²) < 4.78 is 0.392. The fraction of sp³-hybridized carbons (Fsp3) is 0.667. The van der Waals surface area contributed by atoms with Gasteiger partial charge < -0.3 is 5.73 Å². The topological polar surface area (TPSA) is 29.3 Å². The van der Waals surface area contributed by atoms with E-state index in [1.807, 2.05) is 0 Å². The largest absolute Gasteiger partial charge is 0.326 e. The summed E-state index contributed by atoms with van der Waals surface area (Å²) in [5.41, 5.74) is 9.18. The van der Waals surface area contributed by atoms with Crippen molar-refractivity contribution in [3.63, 3.8) is 0 Å². The molecule has 0 radical (unpaired) electrons. The van der Waals surface area contributed by atoms with Gasteiger partial charge in [-0.3, -0.25) is 4.90 Å². The Bertz CT molecular complexity index is 441. The second-order valence-electron chi connectivity index (χ2n) is 6.82. The van der Waals surface area contributed by atoms with Crippen molar-refractivity contribution >= 4 is 11.8 Å². The fourth-order valence-electron chi connectivity index (χ4n) is 3.03. The summed E-state index contributed by atoms with van der Waals surface area (Å²) in [6.07, 6.45) is 2.25. The Morgan fingerprint density at radius 2 is 1.90 bits per heavy atom. The second-order valence-corrected chi connectivity index (χ2v) is 8.62. The van der Waals surface area contributed by atoms with E-state index in [2.05, 4.69) is 68.6 Å². The van der Waals surface area contributed by atoms with Gasteiger partial charge in [0, 0.05) is 35.7 Å². The number of hydrogen-bond donors (Lipinski definition) is 1. The average Bonchev–Trinajstić information content (AvgIpc) is 2.62. The molecule has 0 bridgehead atoms. The summed E-state index contributed by atoms with van der Waals surface area (Å²) >= 11 is 2.10. The van der Waals surface area contributed by atoms with E-state index < -0.39 is 0 Å². The van der Waals surface area contributed by atoms with E-state index in [4.69, 9.17) is 5.73 Å². The van der Waals surface area contributed by atoms with Crippen molar-refractivity contribution in [1.82, 2.24) is 4.90 Å². The van der Waals surface area contributed by atoms with Crippen LogP contribution >= 0.6 is 11.8 Å². The van der Waals surface area contributed by atoms with Crippen LogP contribution in [0.25, 0.3) is 0 Å². The molecular formula is C18H30N2S. The van der Waals surface area contributed by atoms with Gasteiger partial charge in [-0.25, -0.2) is 0 Å². The second kappa shape index (κ2) is 7.17. The van der Waals surface area contributed by atoms with Crippen LogP contribution in [-0.2, 0) is 0 Å². The molecule has 2 rings (SSSR count). The lowest BCUT2D eigenvalue weighted by molar-refractivity contribution is 0.177. The van der Waals surface area contributed by atoms with E-state index in [0.717, 1.165) is 19.5 Å². The molecule has 1 aliphatic rings. The van der Waals surface area contributed by atoms with Gasteiger partial charge >= 0.3 is 0 Å². The van der Waals surface area contributed by atoms with Crippen LogP contribution in [0.5, 0.6) is 0 Å². The van der Waals surface area contributed by atoms with Gasteiger partial charge in [-0.2, -0.15) is 11.8 Å². The molecule has 118 valence electrons. The standard InChI is InChI=1S/C18H30N2S/c1-5-16(19)17(15-8-6-14(2)7-9-15)20-11-10-18(3,4)21-13-12-20/h6-9,16-17H,5,10-13,19H2,1-4H3. The molecule has 1 aromatic rings. The van der Waals surface area contributed by atoms with Gasteiger partial charge in [0.05, 0.1) is 0 Å². The van der Waals surface area contributed by atoms with Gasteiger partial charge in [0.1, 0.15) is 0 Å². The first kappa shape index (κ1) is 16.9. The Hall–Kier alpha value is -0.510. The summed E-state index contributed by atoms with van der Waals surface area (Å²) in [6.45, 7) is 11.3. The smallest absolute Gasteiger partial charge is 0.0499 e. The van der Waals surface area contributed by atoms with E-state index in [0.29, 0.717) is 10.8 Å². The van der Waals surface area contributed by atoms with Gasteiger partial charge in [-0.15, -0.1) is 0 Å². The monoisotopic (exact) mass is 306 g/mol. The van der Waals surface area contributed by atoms with Gasteiger partial charge in [0.15, 0.2) is 0 Å². The predicted molar refractivity (Wildman–Crippen MR) is 94.9 cm³/mol. The lowest BCUT2D eigenvalue weighted by Crippen LogP contribution is -2.42. The number of nitrogens with two attached hydrogens (primary N) is 1. The number of nitrogens with zero attached hydrogens (tertiary/aromatic N) is 1. The molecule has 2 atom stereocenters. The SMILES string of the molecule is CCC(N)C(c1ccc(C)cc1)N1CCSC(C)(C)CC1. The van der Waals surface area contributed by atoms with Crippen LogP contribution in [0.2, 0.25) is 0 Å². The van der Waals surface area contributed by atoms with E-state index in [1.165, 1.54) is 23.3 Å². The molecule has 0 aliphatic carbocycles. The number of thioether (sulfide) groups is 1. The van der Waals surface area contributed by atoms with Crippen LogP contribution in [0.4, 0.5) is 0 Å². The number of hydrogen-bond acceptors (Lipinski definition) is 3. The molecule has 1 heterocycles. The number of rotatable bonds is 4. The lowest BCUT2D eigenvalue weighted by atomic mass is 9.95. The predicted octanol–water partition coefficient (Wildman–Crippen LogP) is 3.99. The van der Waals surface area contributed by atoms with Crippen LogP contribution in [-0.4, -0.2) is 34.5 Å². The summed E-state index contributed by atoms with van der Waals surface area (Å²) in [7, 11) is 0. The molecule has 1 aliphatic heterocycles. The number of aryl methyl sites for hydroxylation is 1. The normalized spacial score (nSPS) is 22.5. The van der Waals surface area contributed by atoms with Crippen molar-refractivity contribution in [2.45, 2.75) is 57.4 Å². The third-order valence-electron chi connectivity index (χ3n) is 4.56. The molecular weight excluding hydrogens is 276 g/mol. The summed E-state index contributed by atoms with van der Waals surface area (Å²) in [6, 6.07) is 9.50. The molecule has 3 heteroatoms. The molecule has 1 aromatic carbocycles. The third-order valence-corrected chi connectivity index (χ3v) is 5.93. The van der Waals surface area contributed by atoms with Crippen molar-refractivity contribution < 1.29 is 0 Å². The van der Waals surface area contributed by atoms with Crippen molar-refractivity contribution in [2.75, 3.05) is 18.8 Å². The minimum atomic E-state index is 0.207. The van der Waals surface area contributed by atoms with Gasteiger partial charge in [0.25, 0.3) is 0 Å². The first-order valence-corrected chi connectivity index (χ1v) is 9.11. The zero-order chi connectivity index (χ0) is 15.5. The van der Waals surface area contributed by atoms with Gasteiger partial charge in [-0.05, 0) is 25.3 Å². The summed E-state index contributed by atoms with van der Waals surface area (Å²) in [4.78, 5) is 2.61. The molecule has 2 N–H and O–H groups in total. The Morgan fingerprint density at radius 1 is 1.24 bits per heavy atom. The first-order chi connectivity index (χ1) is 9.93. The van der Waals surface area contributed by atoms with E-state index in [-0.39, 0.29) is 6.04 Å². The molecule has 0 aromatic heterocycles. The highest BCUT2D eigenvalue weighted by Crippen LogP contribution is 2.34. The van der Waals surface area contributed by atoms with Crippen molar-refractivity contribution in [2.24, 2.45) is 5.73 Å². The minimum absolute atomic E-state index is 0.207. The molecule has 2 unspecified atom stereocenters. The zero-order valence-corrected chi connectivity index (χ0v) is 14.7. The molecule has 1 saturated heterocycles. The van der Waals surface area contributed by atoms with Crippen LogP contribution in [0.3, 0.4) is 0 Å². The minimum Gasteiger partial charge on any atom is -0.326 e. The highest BCUT2D eigenvalue weighted by molar-refractivity contribution is 8.00. The highest BCUT2D eigenvalue weighted by atomic mass is 32.2. The highest BCUT2D eigenvalue weighted by Gasteiger charge is 2.30. The van der Waals surface area contributed by atoms with E-state index in [1.54, 1.807) is 0 Å². The van der Waals surface area contributed by atoms with E-state index >= 15 is 0 Å². The van der Waals surface area contributed by atoms with Crippen LogP contribution in [0.1, 0.15) is 50.8 Å². The average molecular weight is 307 g/mol. The maximum Gasteiger partial charge on any atom is 0.0499 e. The number of benzene rings is 1. The van der Waals surface area contributed by atoms with Gasteiger partial charge in [-0.1, -0.05) is 50.6 Å². The van der Waals surface area contributed by atoms with Gasteiger partial charge in [0.2, 0.25) is 0 Å². The molecule has 21 heavy (non-hydrogen) atoms. The fourth-order valence-corrected chi connectivity index (χ4v) is 4.14. The Labute approximate surface area is 134 Å². The first-order valence-electron chi connectivity index (χ1n) is 8.13.